The molecule has 0 aromatic rings. The lowest BCUT2D eigenvalue weighted by atomic mass is 9.98. The Labute approximate surface area is 118 Å². The van der Waals surface area contributed by atoms with E-state index >= 15 is 0 Å². The van der Waals surface area contributed by atoms with E-state index in [2.05, 4.69) is 10.0 Å². The molecule has 1 fully saturated rings. The van der Waals surface area contributed by atoms with Gasteiger partial charge in [0, 0.05) is 19.6 Å². The second-order valence-electron chi connectivity index (χ2n) is 5.80. The summed E-state index contributed by atoms with van der Waals surface area (Å²) in [4.78, 5) is 0. The van der Waals surface area contributed by atoms with Crippen LogP contribution in [0.3, 0.4) is 0 Å². The summed E-state index contributed by atoms with van der Waals surface area (Å²) in [5, 5.41) is 3.32. The van der Waals surface area contributed by atoms with Crippen LogP contribution in [0.25, 0.3) is 0 Å². The molecule has 2 N–H and O–H groups in total. The maximum absolute atomic E-state index is 12.3. The lowest BCUT2D eigenvalue weighted by Gasteiger charge is -2.29. The van der Waals surface area contributed by atoms with Crippen LogP contribution in [0.2, 0.25) is 0 Å². The molecule has 1 heterocycles. The van der Waals surface area contributed by atoms with Gasteiger partial charge in [0.25, 0.3) is 10.2 Å². The van der Waals surface area contributed by atoms with E-state index in [1.165, 1.54) is 0 Å². The standard InChI is InChI=1S/C13H29N3O2S/c1-4-9-16(11-13-5-7-14-8-6-13)19(17,18)15-10-12(2)3/h12-15H,4-11H2,1-3H3. The molecule has 6 heteroatoms. The topological polar surface area (TPSA) is 61.4 Å². The molecule has 1 saturated heterocycles. The predicted molar refractivity (Wildman–Crippen MR) is 79.2 cm³/mol. The molecule has 0 aromatic heterocycles. The molecule has 1 aliphatic heterocycles. The van der Waals surface area contributed by atoms with Crippen molar-refractivity contribution in [3.8, 4) is 0 Å². The van der Waals surface area contributed by atoms with Crippen molar-refractivity contribution in [1.29, 1.82) is 0 Å². The SMILES string of the molecule is CCCN(CC1CCNCC1)S(=O)(=O)NCC(C)C. The number of nitrogens with one attached hydrogen (secondary N) is 2. The van der Waals surface area contributed by atoms with E-state index in [4.69, 9.17) is 0 Å². The van der Waals surface area contributed by atoms with Crippen LogP contribution in [0.15, 0.2) is 0 Å². The maximum Gasteiger partial charge on any atom is 0.279 e. The van der Waals surface area contributed by atoms with Gasteiger partial charge in [-0.05, 0) is 44.2 Å². The van der Waals surface area contributed by atoms with Gasteiger partial charge >= 0.3 is 0 Å². The van der Waals surface area contributed by atoms with Gasteiger partial charge in [-0.25, -0.2) is 4.72 Å². The summed E-state index contributed by atoms with van der Waals surface area (Å²) < 4.78 is 28.9. The first-order valence-corrected chi connectivity index (χ1v) is 8.85. The van der Waals surface area contributed by atoms with E-state index in [0.29, 0.717) is 31.5 Å². The third kappa shape index (κ3) is 6.21. The zero-order valence-electron chi connectivity index (χ0n) is 12.5. The van der Waals surface area contributed by atoms with E-state index in [-0.39, 0.29) is 0 Å². The van der Waals surface area contributed by atoms with Gasteiger partial charge in [-0.3, -0.25) is 0 Å². The summed E-state index contributed by atoms with van der Waals surface area (Å²) in [6, 6.07) is 0. The normalized spacial score (nSPS) is 18.4. The smallest absolute Gasteiger partial charge is 0.279 e. The Morgan fingerprint density at radius 2 is 1.95 bits per heavy atom. The van der Waals surface area contributed by atoms with E-state index in [0.717, 1.165) is 32.4 Å². The van der Waals surface area contributed by atoms with Crippen LogP contribution in [0.4, 0.5) is 0 Å². The highest BCUT2D eigenvalue weighted by Gasteiger charge is 2.25. The average Bonchev–Trinajstić information content (AvgIpc) is 2.37. The molecule has 114 valence electrons. The fourth-order valence-corrected chi connectivity index (χ4v) is 3.83. The highest BCUT2D eigenvalue weighted by molar-refractivity contribution is 7.87. The molecule has 0 radical (unpaired) electrons. The lowest BCUT2D eigenvalue weighted by molar-refractivity contribution is 0.285. The van der Waals surface area contributed by atoms with Gasteiger partial charge in [0.15, 0.2) is 0 Å². The van der Waals surface area contributed by atoms with E-state index in [1.54, 1.807) is 4.31 Å². The van der Waals surface area contributed by atoms with E-state index < -0.39 is 10.2 Å². The minimum absolute atomic E-state index is 0.331. The summed E-state index contributed by atoms with van der Waals surface area (Å²) in [5.41, 5.74) is 0. The first-order valence-electron chi connectivity index (χ1n) is 7.41. The van der Waals surface area contributed by atoms with Crippen LogP contribution in [0.1, 0.15) is 40.0 Å². The zero-order chi connectivity index (χ0) is 14.3. The molecule has 1 aliphatic rings. The van der Waals surface area contributed by atoms with Crippen LogP contribution in [0.5, 0.6) is 0 Å². The highest BCUT2D eigenvalue weighted by atomic mass is 32.2. The molecule has 0 atom stereocenters. The largest absolute Gasteiger partial charge is 0.317 e. The average molecular weight is 291 g/mol. The number of rotatable bonds is 8. The molecule has 0 aliphatic carbocycles. The molecular weight excluding hydrogens is 262 g/mol. The van der Waals surface area contributed by atoms with Crippen LogP contribution in [-0.4, -0.2) is 45.4 Å². The summed E-state index contributed by atoms with van der Waals surface area (Å²) in [6.07, 6.45) is 2.99. The number of hydrogen-bond donors (Lipinski definition) is 2. The van der Waals surface area contributed by atoms with Gasteiger partial charge in [0.2, 0.25) is 0 Å². The quantitative estimate of drug-likeness (QED) is 0.706. The summed E-state index contributed by atoms with van der Waals surface area (Å²) in [7, 11) is -3.32. The lowest BCUT2D eigenvalue weighted by Crippen LogP contribution is -2.45. The summed E-state index contributed by atoms with van der Waals surface area (Å²) >= 11 is 0. The molecular formula is C13H29N3O2S. The van der Waals surface area contributed by atoms with Gasteiger partial charge in [0.1, 0.15) is 0 Å². The van der Waals surface area contributed by atoms with Gasteiger partial charge < -0.3 is 5.32 Å². The molecule has 0 amide bonds. The van der Waals surface area contributed by atoms with Crippen molar-refractivity contribution in [2.45, 2.75) is 40.0 Å². The molecule has 0 aromatic carbocycles. The Hall–Kier alpha value is -0.170. The van der Waals surface area contributed by atoms with Gasteiger partial charge in [-0.15, -0.1) is 0 Å². The third-order valence-electron chi connectivity index (χ3n) is 3.41. The number of piperidine rings is 1. The van der Waals surface area contributed by atoms with Crippen LogP contribution in [0, 0.1) is 11.8 Å². The van der Waals surface area contributed by atoms with Gasteiger partial charge in [-0.1, -0.05) is 20.8 Å². The molecule has 0 spiro atoms. The fourth-order valence-electron chi connectivity index (χ4n) is 2.27. The fraction of sp³-hybridized carbons (Fsp3) is 1.00. The highest BCUT2D eigenvalue weighted by Crippen LogP contribution is 2.15. The van der Waals surface area contributed by atoms with Crippen molar-refractivity contribution >= 4 is 10.2 Å². The maximum atomic E-state index is 12.3. The molecule has 0 unspecified atom stereocenters. The Kier molecular flexibility index (Phi) is 7.28. The second kappa shape index (κ2) is 8.19. The van der Waals surface area contributed by atoms with Gasteiger partial charge in [-0.2, -0.15) is 12.7 Å². The second-order valence-corrected chi connectivity index (χ2v) is 7.55. The number of nitrogens with zero attached hydrogens (tertiary/aromatic N) is 1. The van der Waals surface area contributed by atoms with Gasteiger partial charge in [0.05, 0.1) is 0 Å². The molecule has 1 rings (SSSR count). The Morgan fingerprint density at radius 1 is 1.32 bits per heavy atom. The van der Waals surface area contributed by atoms with Crippen molar-refractivity contribution in [3.63, 3.8) is 0 Å². The Morgan fingerprint density at radius 3 is 2.47 bits per heavy atom. The minimum Gasteiger partial charge on any atom is -0.317 e. The van der Waals surface area contributed by atoms with Crippen molar-refractivity contribution in [2.75, 3.05) is 32.7 Å². The van der Waals surface area contributed by atoms with Crippen LogP contribution in [-0.2, 0) is 10.2 Å². The molecule has 19 heavy (non-hydrogen) atoms. The summed E-state index contributed by atoms with van der Waals surface area (Å²) in [6.45, 7) is 9.83. The van der Waals surface area contributed by atoms with Crippen molar-refractivity contribution in [2.24, 2.45) is 11.8 Å². The Balaban J connectivity index is 2.58. The molecule has 5 nitrogen and oxygen atoms in total. The minimum atomic E-state index is -3.32. The third-order valence-corrected chi connectivity index (χ3v) is 4.95. The number of hydrogen-bond acceptors (Lipinski definition) is 3. The molecule has 0 saturated carbocycles. The summed E-state index contributed by atoms with van der Waals surface area (Å²) in [5.74, 6) is 0.820. The first kappa shape index (κ1) is 16.9. The van der Waals surface area contributed by atoms with Crippen molar-refractivity contribution in [1.82, 2.24) is 14.3 Å². The van der Waals surface area contributed by atoms with E-state index in [1.807, 2.05) is 20.8 Å². The predicted octanol–water partition coefficient (Wildman–Crippen LogP) is 1.19. The van der Waals surface area contributed by atoms with E-state index in [9.17, 15) is 8.42 Å². The van der Waals surface area contributed by atoms with Crippen molar-refractivity contribution in [3.05, 3.63) is 0 Å². The Bertz CT molecular complexity index is 338. The van der Waals surface area contributed by atoms with Crippen LogP contribution < -0.4 is 10.0 Å². The monoisotopic (exact) mass is 291 g/mol. The zero-order valence-corrected chi connectivity index (χ0v) is 13.3. The first-order chi connectivity index (χ1) is 8.95. The molecule has 0 bridgehead atoms. The van der Waals surface area contributed by atoms with Crippen LogP contribution >= 0.6 is 0 Å². The van der Waals surface area contributed by atoms with Crippen molar-refractivity contribution < 1.29 is 8.42 Å².